The Hall–Kier alpha value is 0.350. The molecular formula is C11H23O2P. The van der Waals surface area contributed by atoms with Crippen LogP contribution in [0, 0.1) is 0 Å². The summed E-state index contributed by atoms with van der Waals surface area (Å²) in [5.74, 6) is 0. The molecule has 0 saturated carbocycles. The second-order valence-corrected chi connectivity index (χ2v) is 6.95. The van der Waals surface area contributed by atoms with Gasteiger partial charge in [-0.05, 0) is 20.5 Å². The van der Waals surface area contributed by atoms with Crippen molar-refractivity contribution in [3.63, 3.8) is 0 Å². The highest BCUT2D eigenvalue weighted by Crippen LogP contribution is 2.54. The lowest BCUT2D eigenvalue weighted by Crippen LogP contribution is -2.36. The predicted molar refractivity (Wildman–Crippen MR) is 62.6 cm³/mol. The summed E-state index contributed by atoms with van der Waals surface area (Å²) in [5.41, 5.74) is 1.35. The molecule has 2 nitrogen and oxygen atoms in total. The lowest BCUT2D eigenvalue weighted by Gasteiger charge is -2.23. The van der Waals surface area contributed by atoms with Crippen LogP contribution in [-0.2, 0) is 9.47 Å². The van der Waals surface area contributed by atoms with Crippen LogP contribution in [-0.4, -0.2) is 43.4 Å². The van der Waals surface area contributed by atoms with Crippen molar-refractivity contribution in [2.45, 2.75) is 51.2 Å². The van der Waals surface area contributed by atoms with E-state index in [1.165, 1.54) is 0 Å². The van der Waals surface area contributed by atoms with Gasteiger partial charge in [-0.25, -0.2) is 0 Å². The largest absolute Gasteiger partial charge is 0.375 e. The van der Waals surface area contributed by atoms with Crippen molar-refractivity contribution in [1.29, 1.82) is 0 Å². The third-order valence-corrected chi connectivity index (χ3v) is 6.44. The lowest BCUT2D eigenvalue weighted by molar-refractivity contribution is -0.0565. The predicted octanol–water partition coefficient (Wildman–Crippen LogP) is 2.70. The molecule has 14 heavy (non-hydrogen) atoms. The number of ether oxygens (including phenoxy) is 2. The van der Waals surface area contributed by atoms with Crippen molar-refractivity contribution in [1.82, 2.24) is 0 Å². The molecule has 1 aliphatic rings. The van der Waals surface area contributed by atoms with Crippen molar-refractivity contribution in [3.05, 3.63) is 0 Å². The molecule has 1 fully saturated rings. The number of rotatable bonds is 4. The molecule has 1 saturated heterocycles. The maximum absolute atomic E-state index is 5.81. The summed E-state index contributed by atoms with van der Waals surface area (Å²) in [5, 5.41) is 0. The van der Waals surface area contributed by atoms with E-state index in [2.05, 4.69) is 34.4 Å². The normalized spacial score (nSPS) is 43.1. The van der Waals surface area contributed by atoms with Crippen molar-refractivity contribution >= 4 is 7.92 Å². The summed E-state index contributed by atoms with van der Waals surface area (Å²) in [6, 6.07) is 0. The monoisotopic (exact) mass is 218 g/mol. The van der Waals surface area contributed by atoms with Gasteiger partial charge in [0.2, 0.25) is 0 Å². The van der Waals surface area contributed by atoms with E-state index in [-0.39, 0.29) is 7.92 Å². The van der Waals surface area contributed by atoms with Crippen molar-refractivity contribution in [2.24, 2.45) is 0 Å². The quantitative estimate of drug-likeness (QED) is 0.675. The smallest absolute Gasteiger partial charge is 0.0907 e. The molecule has 0 spiro atoms. The van der Waals surface area contributed by atoms with Crippen LogP contribution < -0.4 is 0 Å². The summed E-state index contributed by atoms with van der Waals surface area (Å²) in [6.45, 7) is 12.7. The highest BCUT2D eigenvalue weighted by atomic mass is 31.1. The van der Waals surface area contributed by atoms with Crippen molar-refractivity contribution in [3.8, 4) is 0 Å². The van der Waals surface area contributed by atoms with Crippen molar-refractivity contribution < 1.29 is 9.47 Å². The first-order valence-corrected chi connectivity index (χ1v) is 7.51. The Morgan fingerprint density at radius 3 is 1.57 bits per heavy atom. The van der Waals surface area contributed by atoms with E-state index in [0.717, 1.165) is 13.2 Å². The minimum absolute atomic E-state index is 0.0608. The third-order valence-electron chi connectivity index (χ3n) is 3.28. The minimum Gasteiger partial charge on any atom is -0.375 e. The number of hydrogen-bond donors (Lipinski definition) is 0. The highest BCUT2D eigenvalue weighted by Gasteiger charge is 2.44. The van der Waals surface area contributed by atoms with Crippen molar-refractivity contribution in [2.75, 3.05) is 19.9 Å². The topological polar surface area (TPSA) is 18.5 Å². The zero-order chi connectivity index (χ0) is 10.7. The van der Waals surface area contributed by atoms with Gasteiger partial charge in [0.15, 0.2) is 0 Å². The molecule has 0 aromatic heterocycles. The van der Waals surface area contributed by atoms with Crippen LogP contribution in [0.25, 0.3) is 0 Å². The Morgan fingerprint density at radius 2 is 1.29 bits per heavy atom. The number of hydrogen-bond acceptors (Lipinski definition) is 2. The zero-order valence-corrected chi connectivity index (χ0v) is 10.9. The van der Waals surface area contributed by atoms with E-state index < -0.39 is 0 Å². The molecule has 84 valence electrons. The summed E-state index contributed by atoms with van der Waals surface area (Å²) in [6.07, 6.45) is 0.650. The first-order valence-electron chi connectivity index (χ1n) is 5.58. The van der Waals surface area contributed by atoms with E-state index in [9.17, 15) is 0 Å². The fraction of sp³-hybridized carbons (Fsp3) is 1.00. The van der Waals surface area contributed by atoms with Gasteiger partial charge in [0.1, 0.15) is 0 Å². The van der Waals surface area contributed by atoms with Crippen LogP contribution >= 0.6 is 7.92 Å². The van der Waals surface area contributed by atoms with Gasteiger partial charge in [0.05, 0.1) is 12.2 Å². The molecule has 0 N–H and O–H groups in total. The van der Waals surface area contributed by atoms with Crippen LogP contribution in [0.4, 0.5) is 0 Å². The molecule has 3 heteroatoms. The zero-order valence-electron chi connectivity index (χ0n) is 9.99. The average Bonchev–Trinajstić information content (AvgIpc) is 2.36. The molecule has 4 atom stereocenters. The summed E-state index contributed by atoms with van der Waals surface area (Å²) >= 11 is 0. The van der Waals surface area contributed by atoms with Crippen LogP contribution in [0.2, 0.25) is 0 Å². The van der Waals surface area contributed by atoms with Gasteiger partial charge in [0, 0.05) is 24.5 Å². The summed E-state index contributed by atoms with van der Waals surface area (Å²) in [4.78, 5) is 0. The van der Waals surface area contributed by atoms with Gasteiger partial charge >= 0.3 is 0 Å². The minimum atomic E-state index is 0.0608. The second-order valence-electron chi connectivity index (χ2n) is 3.99. The molecule has 0 aromatic rings. The Balaban J connectivity index is 2.67. The Labute approximate surface area is 89.1 Å². The summed E-state index contributed by atoms with van der Waals surface area (Å²) < 4.78 is 11.6. The van der Waals surface area contributed by atoms with E-state index in [1.54, 1.807) is 0 Å². The maximum atomic E-state index is 5.81. The Morgan fingerprint density at radius 1 is 0.929 bits per heavy atom. The molecule has 1 rings (SSSR count). The molecule has 0 amide bonds. The Kier molecular flexibility index (Phi) is 4.82. The first-order chi connectivity index (χ1) is 6.63. The molecule has 1 aliphatic heterocycles. The molecule has 0 bridgehead atoms. The standard InChI is InChI=1S/C11H23O2P/c1-6-12-10-8(3)14(5)9(4)11(10)13-7-2/h8-11H,6-7H2,1-5H3/t8-,9-,10+,11+/m0/s1. The molecule has 1 heterocycles. The van der Waals surface area contributed by atoms with Gasteiger partial charge < -0.3 is 9.47 Å². The fourth-order valence-electron chi connectivity index (χ4n) is 2.24. The van der Waals surface area contributed by atoms with Crippen LogP contribution in [0.5, 0.6) is 0 Å². The summed E-state index contributed by atoms with van der Waals surface area (Å²) in [7, 11) is 0.0608. The van der Waals surface area contributed by atoms with E-state index in [1.807, 2.05) is 0 Å². The SMILES string of the molecule is CCO[C@H]1[C@H](OCC)[C@H](C)P(C)[C@H]1C. The molecule has 0 unspecified atom stereocenters. The van der Waals surface area contributed by atoms with E-state index in [0.29, 0.717) is 23.5 Å². The lowest BCUT2D eigenvalue weighted by atomic mass is 10.1. The molecular weight excluding hydrogens is 195 g/mol. The third kappa shape index (κ3) is 2.29. The van der Waals surface area contributed by atoms with Gasteiger partial charge in [0.25, 0.3) is 0 Å². The molecule has 0 aliphatic carbocycles. The van der Waals surface area contributed by atoms with Gasteiger partial charge in [-0.2, -0.15) is 0 Å². The van der Waals surface area contributed by atoms with Crippen LogP contribution in [0.3, 0.4) is 0 Å². The fourth-order valence-corrected chi connectivity index (χ4v) is 4.42. The van der Waals surface area contributed by atoms with E-state index in [4.69, 9.17) is 9.47 Å². The van der Waals surface area contributed by atoms with E-state index >= 15 is 0 Å². The van der Waals surface area contributed by atoms with Gasteiger partial charge in [-0.15, -0.1) is 0 Å². The average molecular weight is 218 g/mol. The molecule has 0 aromatic carbocycles. The van der Waals surface area contributed by atoms with Crippen LogP contribution in [0.15, 0.2) is 0 Å². The van der Waals surface area contributed by atoms with Gasteiger partial charge in [-0.1, -0.05) is 21.8 Å². The molecule has 0 radical (unpaired) electrons. The Bertz CT molecular complexity index is 157. The van der Waals surface area contributed by atoms with Gasteiger partial charge in [-0.3, -0.25) is 0 Å². The maximum Gasteiger partial charge on any atom is 0.0907 e. The highest BCUT2D eigenvalue weighted by molar-refractivity contribution is 7.58. The van der Waals surface area contributed by atoms with Crippen LogP contribution in [0.1, 0.15) is 27.7 Å². The second kappa shape index (κ2) is 5.44. The first kappa shape index (κ1) is 12.4.